The van der Waals surface area contributed by atoms with Crippen LogP contribution in [0, 0.1) is 12.7 Å². The smallest absolute Gasteiger partial charge is 0.276 e. The molecule has 1 fully saturated rings. The fraction of sp³-hybridized carbons (Fsp3) is 0.233. The predicted molar refractivity (Wildman–Crippen MR) is 154 cm³/mol. The van der Waals surface area contributed by atoms with Crippen LogP contribution in [-0.4, -0.2) is 47.3 Å². The van der Waals surface area contributed by atoms with E-state index in [0.29, 0.717) is 42.2 Å². The number of benzene rings is 2. The first kappa shape index (κ1) is 26.1. The number of aromatic nitrogens is 1. The fourth-order valence-electron chi connectivity index (χ4n) is 5.33. The summed E-state index contributed by atoms with van der Waals surface area (Å²) in [4.78, 5) is 36.4. The Balaban J connectivity index is 1.30. The third-order valence-electron chi connectivity index (χ3n) is 7.35. The number of aliphatic hydroxyl groups excluding tert-OH is 1. The molecule has 10 heteroatoms. The van der Waals surface area contributed by atoms with E-state index in [1.54, 1.807) is 42.2 Å². The van der Waals surface area contributed by atoms with E-state index in [0.717, 1.165) is 21.7 Å². The summed E-state index contributed by atoms with van der Waals surface area (Å²) < 4.78 is 14.3. The number of anilines is 3. The zero-order chi connectivity index (χ0) is 28.0. The first-order valence-electron chi connectivity index (χ1n) is 13.1. The minimum atomic E-state index is -0.532. The summed E-state index contributed by atoms with van der Waals surface area (Å²) in [6, 6.07) is 19.4. The number of para-hydroxylation sites is 2. The molecule has 40 heavy (non-hydrogen) atoms. The molecule has 2 amide bonds. The topological polar surface area (TPSA) is 112 Å². The van der Waals surface area contributed by atoms with Crippen LogP contribution in [0.1, 0.15) is 37.7 Å². The molecular weight excluding hydrogens is 529 g/mol. The van der Waals surface area contributed by atoms with Crippen molar-refractivity contribution in [3.8, 4) is 10.4 Å². The molecule has 0 aliphatic carbocycles. The van der Waals surface area contributed by atoms with Crippen LogP contribution in [0.4, 0.5) is 21.6 Å². The van der Waals surface area contributed by atoms with Gasteiger partial charge in [-0.1, -0.05) is 36.4 Å². The van der Waals surface area contributed by atoms with Gasteiger partial charge in [-0.3, -0.25) is 9.59 Å². The number of carbonyl (C=O) groups is 2. The Labute approximate surface area is 234 Å². The van der Waals surface area contributed by atoms with Crippen molar-refractivity contribution < 1.29 is 19.1 Å². The van der Waals surface area contributed by atoms with Crippen molar-refractivity contribution in [2.75, 3.05) is 28.2 Å². The van der Waals surface area contributed by atoms with E-state index in [1.165, 1.54) is 17.4 Å². The molecule has 4 aromatic rings. The Morgan fingerprint density at radius 1 is 1.12 bits per heavy atom. The maximum Gasteiger partial charge on any atom is 0.276 e. The van der Waals surface area contributed by atoms with Gasteiger partial charge in [-0.25, -0.2) is 9.37 Å². The lowest BCUT2D eigenvalue weighted by atomic mass is 10.1. The molecule has 0 unspecified atom stereocenters. The number of hydrogen-bond acceptors (Lipinski definition) is 7. The molecule has 0 radical (unpaired) electrons. The molecule has 0 saturated carbocycles. The van der Waals surface area contributed by atoms with Crippen molar-refractivity contribution in [2.24, 2.45) is 5.73 Å². The standard InChI is InChI=1S/C30H28FN5O3S/c1-17-6-4-8-21(31)27(17)34-29(38)24-14-18-12-13-35(23-10-3-2-7-20(23)28(18)40-24)30(39)22-9-5-11-26(33-22)36-16-19(37)15-25(36)32/h2-11,14,19,25,37H,12-13,15-16,32H2,1H3,(H,34,38)/t19-,25+/m0/s1. The van der Waals surface area contributed by atoms with Crippen molar-refractivity contribution in [1.29, 1.82) is 0 Å². The zero-order valence-electron chi connectivity index (χ0n) is 21.8. The highest BCUT2D eigenvalue weighted by Crippen LogP contribution is 2.42. The number of aryl methyl sites for hydroxylation is 1. The van der Waals surface area contributed by atoms with Crippen LogP contribution in [0.25, 0.3) is 10.4 Å². The second-order valence-corrected chi connectivity index (χ2v) is 11.1. The van der Waals surface area contributed by atoms with Crippen LogP contribution >= 0.6 is 11.3 Å². The van der Waals surface area contributed by atoms with Crippen molar-refractivity contribution in [3.63, 3.8) is 0 Å². The largest absolute Gasteiger partial charge is 0.391 e. The van der Waals surface area contributed by atoms with Crippen molar-refractivity contribution in [2.45, 2.75) is 32.0 Å². The second-order valence-electron chi connectivity index (χ2n) is 10.1. The number of nitrogens with one attached hydrogen (secondary N) is 1. The average molecular weight is 558 g/mol. The highest BCUT2D eigenvalue weighted by atomic mass is 32.1. The molecule has 0 spiro atoms. The van der Waals surface area contributed by atoms with E-state index in [-0.39, 0.29) is 29.4 Å². The molecule has 2 aliphatic rings. The molecule has 204 valence electrons. The summed E-state index contributed by atoms with van der Waals surface area (Å²) in [5.74, 6) is -0.543. The minimum Gasteiger partial charge on any atom is -0.391 e. The number of halogens is 1. The Hall–Kier alpha value is -4.12. The lowest BCUT2D eigenvalue weighted by Crippen LogP contribution is -2.38. The minimum absolute atomic E-state index is 0.174. The summed E-state index contributed by atoms with van der Waals surface area (Å²) >= 11 is 1.33. The van der Waals surface area contributed by atoms with E-state index in [2.05, 4.69) is 10.3 Å². The Morgan fingerprint density at radius 3 is 2.70 bits per heavy atom. The lowest BCUT2D eigenvalue weighted by molar-refractivity contribution is 0.0981. The number of amides is 2. The highest BCUT2D eigenvalue weighted by molar-refractivity contribution is 7.17. The quantitative estimate of drug-likeness (QED) is 0.339. The maximum absolute atomic E-state index is 14.3. The molecule has 1 saturated heterocycles. The lowest BCUT2D eigenvalue weighted by Gasteiger charge is -2.25. The third-order valence-corrected chi connectivity index (χ3v) is 8.56. The SMILES string of the molecule is Cc1cccc(F)c1NC(=O)c1cc2c(s1)-c1ccccc1N(C(=O)c1cccc(N3C[C@@H](O)C[C@@H]3N)n1)CC2. The van der Waals surface area contributed by atoms with Crippen molar-refractivity contribution in [3.05, 3.63) is 94.2 Å². The second kappa shape index (κ2) is 10.5. The molecule has 0 bridgehead atoms. The van der Waals surface area contributed by atoms with Crippen LogP contribution in [-0.2, 0) is 6.42 Å². The van der Waals surface area contributed by atoms with Crippen LogP contribution < -0.4 is 20.9 Å². The summed E-state index contributed by atoms with van der Waals surface area (Å²) in [7, 11) is 0. The van der Waals surface area contributed by atoms with Crippen LogP contribution in [0.2, 0.25) is 0 Å². The molecule has 6 rings (SSSR count). The van der Waals surface area contributed by atoms with E-state index >= 15 is 0 Å². The maximum atomic E-state index is 14.3. The van der Waals surface area contributed by atoms with Gasteiger partial charge in [-0.2, -0.15) is 0 Å². The van der Waals surface area contributed by atoms with Gasteiger partial charge in [0, 0.05) is 30.0 Å². The third kappa shape index (κ3) is 4.74. The molecule has 4 heterocycles. The monoisotopic (exact) mass is 557 g/mol. The summed E-state index contributed by atoms with van der Waals surface area (Å²) in [6.45, 7) is 2.50. The Morgan fingerprint density at radius 2 is 1.93 bits per heavy atom. The number of nitrogens with zero attached hydrogens (tertiary/aromatic N) is 3. The number of thiophene rings is 1. The Kier molecular flexibility index (Phi) is 6.83. The summed E-state index contributed by atoms with van der Waals surface area (Å²) in [6.07, 6.45) is 0.0785. The molecule has 2 atom stereocenters. The van der Waals surface area contributed by atoms with Gasteiger partial charge in [0.2, 0.25) is 0 Å². The highest BCUT2D eigenvalue weighted by Gasteiger charge is 2.31. The molecule has 2 aromatic carbocycles. The number of fused-ring (bicyclic) bond motifs is 3. The van der Waals surface area contributed by atoms with E-state index < -0.39 is 11.9 Å². The number of carbonyl (C=O) groups excluding carboxylic acids is 2. The molecular formula is C30H28FN5O3S. The molecule has 2 aromatic heterocycles. The summed E-state index contributed by atoms with van der Waals surface area (Å²) in [5, 5.41) is 12.7. The van der Waals surface area contributed by atoms with Gasteiger partial charge in [0.15, 0.2) is 0 Å². The number of β-amino-alcohol motifs (C(OH)–C–C–N with tert-alkyl or cyclic N) is 1. The van der Waals surface area contributed by atoms with Crippen molar-refractivity contribution >= 4 is 40.3 Å². The van der Waals surface area contributed by atoms with Gasteiger partial charge < -0.3 is 26.0 Å². The fourth-order valence-corrected chi connectivity index (χ4v) is 6.47. The predicted octanol–water partition coefficient (Wildman–Crippen LogP) is 4.57. The van der Waals surface area contributed by atoms with Crippen LogP contribution in [0.3, 0.4) is 0 Å². The van der Waals surface area contributed by atoms with Crippen LogP contribution in [0.5, 0.6) is 0 Å². The first-order chi connectivity index (χ1) is 19.3. The van der Waals surface area contributed by atoms with E-state index in [9.17, 15) is 19.1 Å². The van der Waals surface area contributed by atoms with Gasteiger partial charge in [0.05, 0.1) is 28.5 Å². The number of rotatable bonds is 4. The van der Waals surface area contributed by atoms with Gasteiger partial charge in [-0.15, -0.1) is 11.3 Å². The molecule has 8 nitrogen and oxygen atoms in total. The zero-order valence-corrected chi connectivity index (χ0v) is 22.6. The number of aliphatic hydroxyl groups is 1. The molecule has 2 aliphatic heterocycles. The van der Waals surface area contributed by atoms with E-state index in [1.807, 2.05) is 35.2 Å². The normalized spacial score (nSPS) is 18.2. The van der Waals surface area contributed by atoms with Crippen molar-refractivity contribution in [1.82, 2.24) is 4.98 Å². The number of pyridine rings is 1. The van der Waals surface area contributed by atoms with Gasteiger partial charge in [-0.05, 0) is 54.8 Å². The van der Waals surface area contributed by atoms with Gasteiger partial charge in [0.25, 0.3) is 11.8 Å². The first-order valence-corrected chi connectivity index (χ1v) is 13.9. The van der Waals surface area contributed by atoms with Gasteiger partial charge >= 0.3 is 0 Å². The summed E-state index contributed by atoms with van der Waals surface area (Å²) in [5.41, 5.74) is 9.79. The van der Waals surface area contributed by atoms with Crippen LogP contribution in [0.15, 0.2) is 66.7 Å². The van der Waals surface area contributed by atoms with Gasteiger partial charge in [0.1, 0.15) is 17.3 Å². The number of nitrogens with two attached hydrogens (primary N) is 1. The van der Waals surface area contributed by atoms with E-state index in [4.69, 9.17) is 5.73 Å². The average Bonchev–Trinajstić information content (AvgIpc) is 3.49. The number of hydrogen-bond donors (Lipinski definition) is 3. The molecule has 4 N–H and O–H groups in total. The Bertz CT molecular complexity index is 1600.